The summed E-state index contributed by atoms with van der Waals surface area (Å²) in [4.78, 5) is 40.7. The molecule has 10 heteroatoms. The zero-order valence-electron chi connectivity index (χ0n) is 20.4. The van der Waals surface area contributed by atoms with E-state index in [1.807, 2.05) is 50.2 Å². The van der Waals surface area contributed by atoms with Crippen LogP contribution in [0.3, 0.4) is 0 Å². The summed E-state index contributed by atoms with van der Waals surface area (Å²) in [6, 6.07) is 13.6. The van der Waals surface area contributed by atoms with Gasteiger partial charge in [0.25, 0.3) is 11.8 Å². The second-order valence-corrected chi connectivity index (χ2v) is 10.7. The van der Waals surface area contributed by atoms with Gasteiger partial charge in [-0.3, -0.25) is 14.4 Å². The van der Waals surface area contributed by atoms with E-state index in [9.17, 15) is 24.6 Å². The maximum atomic E-state index is 13.5. The number of rotatable bonds is 8. The minimum absolute atomic E-state index is 0.0403. The Labute approximate surface area is 214 Å². The van der Waals surface area contributed by atoms with Crippen molar-refractivity contribution in [2.75, 3.05) is 12.4 Å². The molecule has 1 aliphatic heterocycles. The highest BCUT2D eigenvalue weighted by Gasteiger charge is 2.49. The van der Waals surface area contributed by atoms with Crippen molar-refractivity contribution in [2.24, 2.45) is 0 Å². The molecule has 4 N–H and O–H groups in total. The third kappa shape index (κ3) is 5.98. The number of aliphatic hydroxyl groups excluding tert-OH is 1. The second kappa shape index (κ2) is 11.5. The molecule has 9 nitrogen and oxygen atoms in total. The molecule has 3 atom stereocenters. The Kier molecular flexibility index (Phi) is 8.61. The number of nitrogens with one attached hydrogen (secondary N) is 2. The van der Waals surface area contributed by atoms with Gasteiger partial charge in [0, 0.05) is 15.9 Å². The average molecular weight is 511 g/mol. The molecule has 0 unspecified atom stereocenters. The van der Waals surface area contributed by atoms with E-state index in [-0.39, 0.29) is 30.2 Å². The van der Waals surface area contributed by atoms with Gasteiger partial charge in [0.05, 0.1) is 18.0 Å². The molecule has 190 valence electrons. The number of phenols is 1. The van der Waals surface area contributed by atoms with E-state index in [1.54, 1.807) is 19.1 Å². The lowest BCUT2D eigenvalue weighted by Gasteiger charge is -2.33. The number of carbonyl (C=O) groups is 3. The summed E-state index contributed by atoms with van der Waals surface area (Å²) in [6.07, 6.45) is -1.49. The summed E-state index contributed by atoms with van der Waals surface area (Å²) < 4.78 is -0.647. The van der Waals surface area contributed by atoms with E-state index >= 15 is 0 Å². The standard InChI is InChI=1S/C26H30N4O5S/c1-16-18(10-7-11-20(16)31)23(33)29-19(14-17-8-5-4-6-9-17)21(32)25(35)30-15-36-26(2,3)22(30)24(34)28-13-12-27/h4-11,19,21-22,31-32H,13-15H2,1-3H3,(H,28,34)(H,29,33)/t19-,21-,22+/m0/s1. The Morgan fingerprint density at radius 3 is 2.56 bits per heavy atom. The van der Waals surface area contributed by atoms with Crippen LogP contribution in [0, 0.1) is 18.3 Å². The minimum Gasteiger partial charge on any atom is -0.508 e. The summed E-state index contributed by atoms with van der Waals surface area (Å²) >= 11 is 1.39. The Bertz CT molecular complexity index is 1160. The molecule has 1 aliphatic rings. The van der Waals surface area contributed by atoms with Gasteiger partial charge >= 0.3 is 0 Å². The first-order chi connectivity index (χ1) is 17.1. The monoisotopic (exact) mass is 510 g/mol. The van der Waals surface area contributed by atoms with Crippen molar-refractivity contribution in [3.8, 4) is 11.8 Å². The molecule has 2 aromatic rings. The van der Waals surface area contributed by atoms with E-state index in [2.05, 4.69) is 10.6 Å². The zero-order valence-corrected chi connectivity index (χ0v) is 21.2. The van der Waals surface area contributed by atoms with Crippen molar-refractivity contribution in [3.05, 3.63) is 65.2 Å². The predicted octanol–water partition coefficient (Wildman–Crippen LogP) is 1.72. The van der Waals surface area contributed by atoms with Crippen molar-refractivity contribution in [2.45, 2.75) is 50.1 Å². The molecular weight excluding hydrogens is 480 g/mol. The van der Waals surface area contributed by atoms with Crippen LogP contribution in [-0.2, 0) is 16.0 Å². The van der Waals surface area contributed by atoms with Crippen LogP contribution in [0.25, 0.3) is 0 Å². The van der Waals surface area contributed by atoms with E-state index in [0.717, 1.165) is 5.56 Å². The average Bonchev–Trinajstić information content (AvgIpc) is 3.18. The van der Waals surface area contributed by atoms with Crippen molar-refractivity contribution in [1.82, 2.24) is 15.5 Å². The van der Waals surface area contributed by atoms with Crippen LogP contribution < -0.4 is 10.6 Å². The van der Waals surface area contributed by atoms with Crippen LogP contribution in [0.15, 0.2) is 48.5 Å². The van der Waals surface area contributed by atoms with Gasteiger partial charge < -0.3 is 25.7 Å². The van der Waals surface area contributed by atoms with Crippen LogP contribution in [0.2, 0.25) is 0 Å². The quantitative estimate of drug-likeness (QED) is 0.396. The van der Waals surface area contributed by atoms with Gasteiger partial charge in [0.1, 0.15) is 18.3 Å². The van der Waals surface area contributed by atoms with Gasteiger partial charge in [0.15, 0.2) is 6.10 Å². The first-order valence-corrected chi connectivity index (χ1v) is 12.5. The van der Waals surface area contributed by atoms with Gasteiger partial charge in [-0.15, -0.1) is 11.8 Å². The molecule has 1 heterocycles. The summed E-state index contributed by atoms with van der Waals surface area (Å²) in [6.45, 7) is 5.05. The Hall–Kier alpha value is -3.55. The molecular formula is C26H30N4O5S. The minimum atomic E-state index is -1.65. The Morgan fingerprint density at radius 2 is 1.89 bits per heavy atom. The van der Waals surface area contributed by atoms with Crippen molar-refractivity contribution in [3.63, 3.8) is 0 Å². The van der Waals surface area contributed by atoms with Gasteiger partial charge in [0.2, 0.25) is 5.91 Å². The van der Waals surface area contributed by atoms with Gasteiger partial charge in [-0.25, -0.2) is 0 Å². The number of hydrogen-bond donors (Lipinski definition) is 4. The number of thioether (sulfide) groups is 1. The number of nitriles is 1. The fraction of sp³-hybridized carbons (Fsp3) is 0.385. The smallest absolute Gasteiger partial charge is 0.254 e. The number of nitrogens with zero attached hydrogens (tertiary/aromatic N) is 2. The molecule has 0 aromatic heterocycles. The highest BCUT2D eigenvalue weighted by atomic mass is 32.2. The number of carbonyl (C=O) groups excluding carboxylic acids is 3. The maximum Gasteiger partial charge on any atom is 0.254 e. The molecule has 0 saturated carbocycles. The molecule has 1 fully saturated rings. The molecule has 0 spiro atoms. The molecule has 1 saturated heterocycles. The summed E-state index contributed by atoms with van der Waals surface area (Å²) in [7, 11) is 0. The fourth-order valence-electron chi connectivity index (χ4n) is 4.20. The molecule has 3 rings (SSSR count). The lowest BCUT2D eigenvalue weighted by Crippen LogP contribution is -2.58. The van der Waals surface area contributed by atoms with Crippen LogP contribution >= 0.6 is 11.8 Å². The molecule has 0 aliphatic carbocycles. The first kappa shape index (κ1) is 27.0. The summed E-state index contributed by atoms with van der Waals surface area (Å²) in [5, 5.41) is 35.3. The maximum absolute atomic E-state index is 13.5. The first-order valence-electron chi connectivity index (χ1n) is 11.5. The van der Waals surface area contributed by atoms with E-state index < -0.39 is 40.7 Å². The number of phenolic OH excluding ortho intramolecular Hbond substituents is 1. The number of aromatic hydroxyl groups is 1. The SMILES string of the molecule is Cc1c(O)cccc1C(=O)N[C@@H](Cc1ccccc1)[C@H](O)C(=O)N1CSC(C)(C)[C@H]1C(=O)NCC#N. The molecule has 0 radical (unpaired) electrons. The Morgan fingerprint density at radius 1 is 1.19 bits per heavy atom. The third-order valence-corrected chi connectivity index (χ3v) is 7.59. The number of hydrogen-bond acceptors (Lipinski definition) is 7. The lowest BCUT2D eigenvalue weighted by atomic mass is 9.96. The van der Waals surface area contributed by atoms with E-state index in [1.165, 1.54) is 22.7 Å². The van der Waals surface area contributed by atoms with E-state index in [0.29, 0.717) is 5.56 Å². The van der Waals surface area contributed by atoms with Crippen molar-refractivity contribution in [1.29, 1.82) is 5.26 Å². The molecule has 3 amide bonds. The topological polar surface area (TPSA) is 143 Å². The normalized spacial score (nSPS) is 18.1. The van der Waals surface area contributed by atoms with Gasteiger partial charge in [-0.1, -0.05) is 36.4 Å². The van der Waals surface area contributed by atoms with Gasteiger partial charge in [-0.05, 0) is 44.9 Å². The van der Waals surface area contributed by atoms with E-state index in [4.69, 9.17) is 5.26 Å². The number of benzene rings is 2. The van der Waals surface area contributed by atoms with Crippen LogP contribution in [0.4, 0.5) is 0 Å². The summed E-state index contributed by atoms with van der Waals surface area (Å²) in [5.74, 6) is -1.59. The Balaban J connectivity index is 1.88. The predicted molar refractivity (Wildman–Crippen MR) is 136 cm³/mol. The van der Waals surface area contributed by atoms with Crippen molar-refractivity contribution < 1.29 is 24.6 Å². The number of amides is 3. The fourth-order valence-corrected chi connectivity index (χ4v) is 5.34. The van der Waals surface area contributed by atoms with Crippen LogP contribution in [-0.4, -0.2) is 68.2 Å². The highest BCUT2D eigenvalue weighted by molar-refractivity contribution is 8.00. The van der Waals surface area contributed by atoms with Crippen molar-refractivity contribution >= 4 is 29.5 Å². The zero-order chi connectivity index (χ0) is 26.5. The number of aliphatic hydroxyl groups is 1. The molecule has 36 heavy (non-hydrogen) atoms. The molecule has 2 aromatic carbocycles. The third-order valence-electron chi connectivity index (χ3n) is 6.22. The highest BCUT2D eigenvalue weighted by Crippen LogP contribution is 2.39. The van der Waals surface area contributed by atoms with Crippen LogP contribution in [0.1, 0.15) is 35.3 Å². The summed E-state index contributed by atoms with van der Waals surface area (Å²) in [5.41, 5.74) is 1.39. The van der Waals surface area contributed by atoms with Gasteiger partial charge in [-0.2, -0.15) is 5.26 Å². The molecule has 0 bridgehead atoms. The largest absolute Gasteiger partial charge is 0.508 e. The second-order valence-electron chi connectivity index (χ2n) is 9.13. The van der Waals surface area contributed by atoms with Crippen LogP contribution in [0.5, 0.6) is 5.75 Å². The lowest BCUT2D eigenvalue weighted by molar-refractivity contribution is -0.147.